The monoisotopic (exact) mass is 655 g/mol. The number of nitrogens with one attached hydrogen (secondary N) is 2. The predicted octanol–water partition coefficient (Wildman–Crippen LogP) is -1.15. The van der Waals surface area contributed by atoms with Crippen LogP contribution in [0.25, 0.3) is 0 Å². The number of carboxylic acids is 1. The molecule has 0 bridgehead atoms. The van der Waals surface area contributed by atoms with Crippen LogP contribution in [0.5, 0.6) is 0 Å². The SMILES string of the molecule is Nc1nc(/C(=N/O)C(=O)N[C@@H]2C(=O)N3C(C(=O)O)=C(Sc4cccnc4CSCCNC(=O)[C@@H](N)CO)CS[C@H]23)ns1. The van der Waals surface area contributed by atoms with Crippen LogP contribution in [0.4, 0.5) is 5.13 Å². The number of hydrogen-bond donors (Lipinski definition) is 7. The smallest absolute Gasteiger partial charge is 0.353 e. The summed E-state index contributed by atoms with van der Waals surface area (Å²) in [5, 5.41) is 35.6. The van der Waals surface area contributed by atoms with E-state index in [4.69, 9.17) is 16.6 Å². The molecule has 1 fully saturated rings. The van der Waals surface area contributed by atoms with Gasteiger partial charge in [0.1, 0.15) is 23.2 Å². The number of pyridine rings is 1. The van der Waals surface area contributed by atoms with E-state index >= 15 is 0 Å². The first-order valence-corrected chi connectivity index (χ1v) is 15.8. The van der Waals surface area contributed by atoms with Crippen molar-refractivity contribution in [1.29, 1.82) is 0 Å². The van der Waals surface area contributed by atoms with Crippen LogP contribution in [-0.4, -0.2) is 106 Å². The van der Waals surface area contributed by atoms with Crippen LogP contribution in [0, 0.1) is 0 Å². The molecular formula is C22H25N9O7S4. The summed E-state index contributed by atoms with van der Waals surface area (Å²) >= 11 is 4.76. The van der Waals surface area contributed by atoms with Gasteiger partial charge < -0.3 is 37.5 Å². The number of amides is 3. The van der Waals surface area contributed by atoms with Gasteiger partial charge in [0, 0.05) is 51.3 Å². The van der Waals surface area contributed by atoms with Crippen molar-refractivity contribution in [3.05, 3.63) is 40.5 Å². The molecular weight excluding hydrogens is 631 g/mol. The number of aromatic nitrogens is 3. The topological polar surface area (TPSA) is 259 Å². The third-order valence-electron chi connectivity index (χ3n) is 5.79. The van der Waals surface area contributed by atoms with Crippen LogP contribution in [0.2, 0.25) is 0 Å². The van der Waals surface area contributed by atoms with E-state index in [0.717, 1.165) is 16.4 Å². The average molecular weight is 656 g/mol. The Morgan fingerprint density at radius 3 is 2.79 bits per heavy atom. The molecule has 3 amide bonds. The van der Waals surface area contributed by atoms with Crippen molar-refractivity contribution in [2.24, 2.45) is 10.9 Å². The highest BCUT2D eigenvalue weighted by molar-refractivity contribution is 8.06. The van der Waals surface area contributed by atoms with Gasteiger partial charge in [-0.3, -0.25) is 24.3 Å². The number of hydrogen-bond acceptors (Lipinski definition) is 16. The molecule has 1 saturated heterocycles. The normalized spacial score (nSPS) is 19.1. The molecule has 16 nitrogen and oxygen atoms in total. The number of fused-ring (bicyclic) bond motifs is 1. The fourth-order valence-electron chi connectivity index (χ4n) is 3.79. The van der Waals surface area contributed by atoms with E-state index in [1.807, 2.05) is 0 Å². The van der Waals surface area contributed by atoms with E-state index in [2.05, 4.69) is 30.1 Å². The van der Waals surface area contributed by atoms with E-state index in [9.17, 15) is 29.5 Å². The van der Waals surface area contributed by atoms with Crippen molar-refractivity contribution in [3.8, 4) is 0 Å². The van der Waals surface area contributed by atoms with Crippen molar-refractivity contribution in [1.82, 2.24) is 29.9 Å². The first-order valence-electron chi connectivity index (χ1n) is 12.0. The molecule has 0 unspecified atom stereocenters. The van der Waals surface area contributed by atoms with Crippen LogP contribution in [-0.2, 0) is 24.9 Å². The maximum atomic E-state index is 13.0. The van der Waals surface area contributed by atoms with Gasteiger partial charge in [-0.2, -0.15) is 21.1 Å². The number of carbonyl (C=O) groups is 4. The molecule has 2 aromatic rings. The highest BCUT2D eigenvalue weighted by Gasteiger charge is 2.54. The van der Waals surface area contributed by atoms with Gasteiger partial charge in [0.25, 0.3) is 11.8 Å². The number of β-lactam (4-membered cyclic amide) rings is 1. The largest absolute Gasteiger partial charge is 0.477 e. The molecule has 0 saturated carbocycles. The Kier molecular flexibility index (Phi) is 10.6. The highest BCUT2D eigenvalue weighted by atomic mass is 32.2. The first-order chi connectivity index (χ1) is 20.2. The van der Waals surface area contributed by atoms with Gasteiger partial charge in [0.05, 0.1) is 12.3 Å². The number of thioether (sulfide) groups is 3. The van der Waals surface area contributed by atoms with Gasteiger partial charge in [-0.25, -0.2) is 4.79 Å². The summed E-state index contributed by atoms with van der Waals surface area (Å²) in [7, 11) is 0. The summed E-state index contributed by atoms with van der Waals surface area (Å²) < 4.78 is 3.83. The van der Waals surface area contributed by atoms with Crippen LogP contribution in [0.1, 0.15) is 11.5 Å². The lowest BCUT2D eigenvalue weighted by Crippen LogP contribution is -2.71. The van der Waals surface area contributed by atoms with E-state index < -0.39 is 53.5 Å². The molecule has 42 heavy (non-hydrogen) atoms. The number of nitrogens with zero attached hydrogens (tertiary/aromatic N) is 5. The Balaban J connectivity index is 1.41. The number of oxime groups is 1. The maximum absolute atomic E-state index is 13.0. The Hall–Kier alpha value is -3.43. The molecule has 20 heteroatoms. The zero-order chi connectivity index (χ0) is 30.4. The number of aliphatic hydroxyl groups is 1. The Morgan fingerprint density at radius 2 is 2.12 bits per heavy atom. The number of nitrogens with two attached hydrogens (primary N) is 2. The number of carboxylic acid groups (broad SMARTS) is 1. The summed E-state index contributed by atoms with van der Waals surface area (Å²) in [6.07, 6.45) is 1.62. The second kappa shape index (κ2) is 14.2. The highest BCUT2D eigenvalue weighted by Crippen LogP contribution is 2.45. The van der Waals surface area contributed by atoms with Crippen LogP contribution < -0.4 is 22.1 Å². The minimum atomic E-state index is -1.29. The van der Waals surface area contributed by atoms with Crippen molar-refractivity contribution in [2.45, 2.75) is 28.1 Å². The van der Waals surface area contributed by atoms with Crippen LogP contribution in [0.3, 0.4) is 0 Å². The van der Waals surface area contributed by atoms with Gasteiger partial charge in [-0.1, -0.05) is 16.9 Å². The summed E-state index contributed by atoms with van der Waals surface area (Å²) in [6.45, 7) is -0.104. The Morgan fingerprint density at radius 1 is 1.33 bits per heavy atom. The van der Waals surface area contributed by atoms with Crippen molar-refractivity contribution >= 4 is 81.4 Å². The fraction of sp³-hybridized carbons (Fsp3) is 0.364. The molecule has 2 aromatic heterocycles. The third kappa shape index (κ3) is 6.95. The van der Waals surface area contributed by atoms with Gasteiger partial charge in [0.15, 0.2) is 5.13 Å². The number of aliphatic hydroxyl groups excluding tert-OH is 1. The lowest BCUT2D eigenvalue weighted by Gasteiger charge is -2.49. The van der Waals surface area contributed by atoms with Gasteiger partial charge >= 0.3 is 5.97 Å². The molecule has 3 atom stereocenters. The predicted molar refractivity (Wildman–Crippen MR) is 157 cm³/mol. The number of nitrogen functional groups attached to an aromatic ring is 1. The zero-order valence-corrected chi connectivity index (χ0v) is 24.8. The molecule has 0 aliphatic carbocycles. The molecule has 224 valence electrons. The average Bonchev–Trinajstić information content (AvgIpc) is 3.41. The number of anilines is 1. The molecule has 9 N–H and O–H groups in total. The molecule has 0 radical (unpaired) electrons. The van der Waals surface area contributed by atoms with Crippen LogP contribution >= 0.6 is 46.8 Å². The second-order valence-electron chi connectivity index (χ2n) is 8.53. The number of aliphatic carboxylic acids is 1. The summed E-state index contributed by atoms with van der Waals surface area (Å²) in [5.41, 5.74) is 11.0. The second-order valence-corrected chi connectivity index (χ2v) is 12.7. The summed E-state index contributed by atoms with van der Waals surface area (Å²) in [4.78, 5) is 60.2. The van der Waals surface area contributed by atoms with Crippen molar-refractivity contribution in [2.75, 3.05) is 30.4 Å². The van der Waals surface area contributed by atoms with E-state index in [-0.39, 0.29) is 22.4 Å². The quantitative estimate of drug-likeness (QED) is 0.0442. The van der Waals surface area contributed by atoms with E-state index in [1.54, 1.807) is 18.3 Å². The molecule has 4 heterocycles. The molecule has 0 spiro atoms. The summed E-state index contributed by atoms with van der Waals surface area (Å²) in [6, 6.07) is 1.48. The zero-order valence-electron chi connectivity index (χ0n) is 21.5. The van der Waals surface area contributed by atoms with Gasteiger partial charge in [0.2, 0.25) is 17.4 Å². The van der Waals surface area contributed by atoms with E-state index in [1.165, 1.54) is 35.3 Å². The fourth-order valence-corrected chi connectivity index (χ4v) is 7.70. The standard InChI is InChI=1S/C22H25N9O7S4/c23-9(6-32)17(33)26-4-5-39-7-10-11(2-1-3-25-10)41-12-8-40-20-14(19(35)31(20)15(12)21(36)37)27-18(34)13(29-38)16-28-22(24)42-30-16/h1-3,9,14,20,32,38H,4-8,23H2,(H,26,33)(H,27,34)(H,36,37)(H2,24,28,30)/b29-13-/t9-,14+,20+/m0/s1. The lowest BCUT2D eigenvalue weighted by molar-refractivity contribution is -0.150. The van der Waals surface area contributed by atoms with Crippen LogP contribution in [0.15, 0.2) is 39.0 Å². The first kappa shape index (κ1) is 31.5. The number of rotatable bonds is 13. The Labute approximate surface area is 254 Å². The van der Waals surface area contributed by atoms with Gasteiger partial charge in [-0.05, 0) is 12.1 Å². The maximum Gasteiger partial charge on any atom is 0.353 e. The molecule has 2 aliphatic heterocycles. The molecule has 4 rings (SSSR count). The minimum Gasteiger partial charge on any atom is -0.477 e. The summed E-state index contributed by atoms with van der Waals surface area (Å²) in [5.74, 6) is -2.22. The minimum absolute atomic E-state index is 0.0530. The Bertz CT molecular complexity index is 1440. The lowest BCUT2D eigenvalue weighted by atomic mass is 10.0. The molecule has 2 aliphatic rings. The third-order valence-corrected chi connectivity index (χ3v) is 9.94. The number of carbonyl (C=O) groups excluding carboxylic acids is 3. The molecule has 0 aromatic carbocycles. The van der Waals surface area contributed by atoms with E-state index in [0.29, 0.717) is 33.5 Å². The van der Waals surface area contributed by atoms with Crippen molar-refractivity contribution in [3.63, 3.8) is 0 Å². The van der Waals surface area contributed by atoms with Crippen molar-refractivity contribution < 1.29 is 34.6 Å². The van der Waals surface area contributed by atoms with Gasteiger partial charge in [-0.15, -0.1) is 11.8 Å².